The van der Waals surface area contributed by atoms with Crippen LogP contribution in [0.3, 0.4) is 0 Å². The van der Waals surface area contributed by atoms with E-state index in [1.165, 1.54) is 16.7 Å². The van der Waals surface area contributed by atoms with Gasteiger partial charge in [-0.25, -0.2) is 0 Å². The molecule has 0 heterocycles. The summed E-state index contributed by atoms with van der Waals surface area (Å²) in [6.45, 7) is 5.86. The average molecular weight is 258 g/mol. The molecule has 0 saturated carbocycles. The summed E-state index contributed by atoms with van der Waals surface area (Å²) in [6, 6.07) is 6.48. The molecule has 0 saturated heterocycles. The van der Waals surface area contributed by atoms with Crippen molar-refractivity contribution in [2.75, 3.05) is 0 Å². The third-order valence-electron chi connectivity index (χ3n) is 1.71. The number of hydrogen-bond acceptors (Lipinski definition) is 0. The highest BCUT2D eigenvalue weighted by molar-refractivity contribution is 14.1. The molecular weight excluding hydrogens is 247 g/mol. The second-order valence-electron chi connectivity index (χ2n) is 2.53. The Hall–Kier alpha value is -0.310. The predicted octanol–water partition coefficient (Wildman–Crippen LogP) is 3.57. The van der Waals surface area contributed by atoms with Crippen molar-refractivity contribution in [1.29, 1.82) is 0 Å². The molecule has 11 heavy (non-hydrogen) atoms. The molecular formula is C10H11I. The molecule has 0 aliphatic heterocycles. The molecule has 0 bridgehead atoms. The summed E-state index contributed by atoms with van der Waals surface area (Å²) < 4.78 is 1.08. The topological polar surface area (TPSA) is 0 Å². The van der Waals surface area contributed by atoms with E-state index in [1.807, 2.05) is 6.08 Å². The second kappa shape index (κ2) is 3.90. The number of benzene rings is 1. The van der Waals surface area contributed by atoms with E-state index in [1.54, 1.807) is 0 Å². The maximum absolute atomic E-state index is 3.75. The van der Waals surface area contributed by atoms with Gasteiger partial charge in [0.1, 0.15) is 0 Å². The molecule has 0 amide bonds. The SMILES string of the molecule is C=Cc1ccc(CI)cc1C. The molecule has 1 aromatic rings. The van der Waals surface area contributed by atoms with Crippen LogP contribution in [0.1, 0.15) is 16.7 Å². The van der Waals surface area contributed by atoms with Gasteiger partial charge < -0.3 is 0 Å². The van der Waals surface area contributed by atoms with Crippen molar-refractivity contribution in [3.8, 4) is 0 Å². The first-order valence-electron chi connectivity index (χ1n) is 3.56. The van der Waals surface area contributed by atoms with E-state index in [0.29, 0.717) is 0 Å². The summed E-state index contributed by atoms with van der Waals surface area (Å²) >= 11 is 2.37. The van der Waals surface area contributed by atoms with Gasteiger partial charge in [-0.15, -0.1) is 0 Å². The Morgan fingerprint density at radius 3 is 2.73 bits per heavy atom. The Labute approximate surface area is 81.5 Å². The Bertz CT molecular complexity index is 264. The lowest BCUT2D eigenvalue weighted by molar-refractivity contribution is 1.36. The number of hydrogen-bond donors (Lipinski definition) is 0. The molecule has 0 aromatic heterocycles. The van der Waals surface area contributed by atoms with Gasteiger partial charge in [0.15, 0.2) is 0 Å². The van der Waals surface area contributed by atoms with Gasteiger partial charge in [-0.2, -0.15) is 0 Å². The Kier molecular flexibility index (Phi) is 3.12. The fraction of sp³-hybridized carbons (Fsp3) is 0.200. The van der Waals surface area contributed by atoms with Crippen molar-refractivity contribution in [1.82, 2.24) is 0 Å². The summed E-state index contributed by atoms with van der Waals surface area (Å²) in [5.41, 5.74) is 3.93. The zero-order valence-electron chi connectivity index (χ0n) is 6.60. The van der Waals surface area contributed by atoms with Crippen LogP contribution in [0.15, 0.2) is 24.8 Å². The summed E-state index contributed by atoms with van der Waals surface area (Å²) in [4.78, 5) is 0. The maximum atomic E-state index is 3.75. The van der Waals surface area contributed by atoms with Gasteiger partial charge >= 0.3 is 0 Å². The third-order valence-corrected chi connectivity index (χ3v) is 2.59. The fourth-order valence-corrected chi connectivity index (χ4v) is 1.52. The lowest BCUT2D eigenvalue weighted by atomic mass is 10.1. The van der Waals surface area contributed by atoms with Crippen molar-refractivity contribution in [2.45, 2.75) is 11.4 Å². The van der Waals surface area contributed by atoms with Crippen LogP contribution < -0.4 is 0 Å². The minimum absolute atomic E-state index is 1.08. The highest BCUT2D eigenvalue weighted by Gasteiger charge is 1.94. The van der Waals surface area contributed by atoms with E-state index in [-0.39, 0.29) is 0 Å². The molecule has 0 fully saturated rings. The molecule has 1 aromatic carbocycles. The summed E-state index contributed by atoms with van der Waals surface area (Å²) in [7, 11) is 0. The van der Waals surface area contributed by atoms with Crippen molar-refractivity contribution < 1.29 is 0 Å². The first-order valence-corrected chi connectivity index (χ1v) is 5.08. The molecule has 0 spiro atoms. The van der Waals surface area contributed by atoms with Gasteiger partial charge in [0.25, 0.3) is 0 Å². The minimum Gasteiger partial charge on any atom is -0.0985 e. The van der Waals surface area contributed by atoms with Crippen molar-refractivity contribution in [3.63, 3.8) is 0 Å². The van der Waals surface area contributed by atoms with Crippen LogP contribution in [0.2, 0.25) is 0 Å². The first kappa shape index (κ1) is 8.78. The summed E-state index contributed by atoms with van der Waals surface area (Å²) in [5.74, 6) is 0. The normalized spacial score (nSPS) is 9.64. The first-order chi connectivity index (χ1) is 5.27. The van der Waals surface area contributed by atoms with E-state index in [0.717, 1.165) is 4.43 Å². The largest absolute Gasteiger partial charge is 0.0985 e. The van der Waals surface area contributed by atoms with Crippen LogP contribution in [0.5, 0.6) is 0 Å². The molecule has 0 unspecified atom stereocenters. The van der Waals surface area contributed by atoms with E-state index < -0.39 is 0 Å². The van der Waals surface area contributed by atoms with Crippen molar-refractivity contribution >= 4 is 28.7 Å². The molecule has 0 nitrogen and oxygen atoms in total. The quantitative estimate of drug-likeness (QED) is 0.562. The number of alkyl halides is 1. The Morgan fingerprint density at radius 1 is 1.55 bits per heavy atom. The molecule has 0 radical (unpaired) electrons. The van der Waals surface area contributed by atoms with Crippen LogP contribution >= 0.6 is 22.6 Å². The van der Waals surface area contributed by atoms with Gasteiger partial charge in [0.2, 0.25) is 0 Å². The van der Waals surface area contributed by atoms with Crippen LogP contribution in [0, 0.1) is 6.92 Å². The standard InChI is InChI=1S/C10H11I/c1-3-10-5-4-9(7-11)6-8(10)2/h3-6H,1,7H2,2H3. The molecule has 0 atom stereocenters. The zero-order valence-corrected chi connectivity index (χ0v) is 8.76. The average Bonchev–Trinajstić information content (AvgIpc) is 2.04. The van der Waals surface area contributed by atoms with Crippen molar-refractivity contribution in [3.05, 3.63) is 41.5 Å². The van der Waals surface area contributed by atoms with E-state index in [9.17, 15) is 0 Å². The molecule has 0 N–H and O–H groups in total. The fourth-order valence-electron chi connectivity index (χ4n) is 1.05. The third kappa shape index (κ3) is 2.06. The van der Waals surface area contributed by atoms with Crippen LogP contribution in [0.4, 0.5) is 0 Å². The molecule has 1 rings (SSSR count). The van der Waals surface area contributed by atoms with Crippen molar-refractivity contribution in [2.24, 2.45) is 0 Å². The maximum Gasteiger partial charge on any atom is 0.0247 e. The zero-order chi connectivity index (χ0) is 8.27. The van der Waals surface area contributed by atoms with E-state index in [4.69, 9.17) is 0 Å². The number of aryl methyl sites for hydroxylation is 1. The van der Waals surface area contributed by atoms with Gasteiger partial charge in [-0.1, -0.05) is 53.4 Å². The van der Waals surface area contributed by atoms with Gasteiger partial charge in [-0.3, -0.25) is 0 Å². The minimum atomic E-state index is 1.08. The van der Waals surface area contributed by atoms with E-state index >= 15 is 0 Å². The van der Waals surface area contributed by atoms with Crippen LogP contribution in [-0.2, 0) is 4.43 Å². The molecule has 0 aliphatic carbocycles. The summed E-state index contributed by atoms with van der Waals surface area (Å²) in [5, 5.41) is 0. The predicted molar refractivity (Wildman–Crippen MR) is 59.0 cm³/mol. The van der Waals surface area contributed by atoms with Gasteiger partial charge in [-0.05, 0) is 23.6 Å². The lowest BCUT2D eigenvalue weighted by Crippen LogP contribution is -1.83. The number of rotatable bonds is 2. The number of halogens is 1. The van der Waals surface area contributed by atoms with Crippen LogP contribution in [0.25, 0.3) is 6.08 Å². The van der Waals surface area contributed by atoms with Crippen LogP contribution in [-0.4, -0.2) is 0 Å². The Morgan fingerprint density at radius 2 is 2.27 bits per heavy atom. The molecule has 1 heteroatoms. The monoisotopic (exact) mass is 258 g/mol. The molecule has 58 valence electrons. The van der Waals surface area contributed by atoms with E-state index in [2.05, 4.69) is 54.3 Å². The second-order valence-corrected chi connectivity index (χ2v) is 3.29. The smallest absolute Gasteiger partial charge is 0.0247 e. The lowest BCUT2D eigenvalue weighted by Gasteiger charge is -2.01. The van der Waals surface area contributed by atoms with Gasteiger partial charge in [0.05, 0.1) is 0 Å². The highest BCUT2D eigenvalue weighted by atomic mass is 127. The highest BCUT2D eigenvalue weighted by Crippen LogP contribution is 2.14. The van der Waals surface area contributed by atoms with Gasteiger partial charge in [0, 0.05) is 4.43 Å². The summed E-state index contributed by atoms with van der Waals surface area (Å²) in [6.07, 6.45) is 1.90. The Balaban J connectivity index is 3.09. The molecule has 0 aliphatic rings.